The lowest BCUT2D eigenvalue weighted by Crippen LogP contribution is -2.12. The van der Waals surface area contributed by atoms with Crippen molar-refractivity contribution in [3.63, 3.8) is 0 Å². The third kappa shape index (κ3) is 2.03. The van der Waals surface area contributed by atoms with Crippen LogP contribution in [0.5, 0.6) is 0 Å². The molecule has 0 bridgehead atoms. The summed E-state index contributed by atoms with van der Waals surface area (Å²) in [5.74, 6) is 0. The summed E-state index contributed by atoms with van der Waals surface area (Å²) in [6.45, 7) is 8.43. The van der Waals surface area contributed by atoms with Crippen LogP contribution in [0.2, 0.25) is 5.02 Å². The number of rotatable bonds is 3. The molecule has 1 aromatic rings. The summed E-state index contributed by atoms with van der Waals surface area (Å²) < 4.78 is 7.23. The molecular weight excluding hydrogens is 188 g/mol. The highest BCUT2D eigenvalue weighted by atomic mass is 35.5. The molecule has 1 aromatic heterocycles. The van der Waals surface area contributed by atoms with E-state index >= 15 is 0 Å². The number of ether oxygens (including phenoxy) is 1. The van der Waals surface area contributed by atoms with Crippen molar-refractivity contribution in [1.82, 2.24) is 9.78 Å². The molecule has 1 atom stereocenters. The van der Waals surface area contributed by atoms with Gasteiger partial charge in [0.25, 0.3) is 0 Å². The molecule has 0 fully saturated rings. The zero-order valence-corrected chi connectivity index (χ0v) is 9.22. The molecule has 0 saturated heterocycles. The van der Waals surface area contributed by atoms with Crippen LogP contribution in [0.4, 0.5) is 0 Å². The van der Waals surface area contributed by atoms with Crippen LogP contribution in [-0.4, -0.2) is 16.4 Å². The molecule has 0 aliphatic carbocycles. The largest absolute Gasteiger partial charge is 0.357 e. The van der Waals surface area contributed by atoms with Gasteiger partial charge < -0.3 is 4.74 Å². The van der Waals surface area contributed by atoms with Gasteiger partial charge in [0.1, 0.15) is 6.23 Å². The zero-order chi connectivity index (χ0) is 10.0. The predicted octanol–water partition coefficient (Wildman–Crippen LogP) is 2.71. The van der Waals surface area contributed by atoms with Gasteiger partial charge in [-0.2, -0.15) is 5.10 Å². The van der Waals surface area contributed by atoms with Crippen LogP contribution in [0, 0.1) is 13.8 Å². The second-order valence-corrected chi connectivity index (χ2v) is 3.36. The number of aromatic nitrogens is 2. The molecule has 1 rings (SSSR count). The van der Waals surface area contributed by atoms with Gasteiger partial charge in [0.15, 0.2) is 0 Å². The number of hydrogen-bond acceptors (Lipinski definition) is 2. The molecule has 0 radical (unpaired) electrons. The van der Waals surface area contributed by atoms with Crippen molar-refractivity contribution in [2.75, 3.05) is 6.61 Å². The lowest BCUT2D eigenvalue weighted by Gasteiger charge is -2.13. The molecule has 1 unspecified atom stereocenters. The highest BCUT2D eigenvalue weighted by Crippen LogP contribution is 2.22. The summed E-state index contributed by atoms with van der Waals surface area (Å²) in [4.78, 5) is 0. The van der Waals surface area contributed by atoms with Gasteiger partial charge in [0.2, 0.25) is 0 Å². The lowest BCUT2D eigenvalue weighted by molar-refractivity contribution is 0.0144. The fraction of sp³-hybridized carbons (Fsp3) is 0.667. The standard InChI is InChI=1S/C9H15ClN2O/c1-5-13-8(4)12-7(3)9(10)6(2)11-12/h8H,5H2,1-4H3. The summed E-state index contributed by atoms with van der Waals surface area (Å²) in [5, 5.41) is 5.02. The van der Waals surface area contributed by atoms with E-state index in [0.717, 1.165) is 16.4 Å². The summed E-state index contributed by atoms with van der Waals surface area (Å²) in [6, 6.07) is 0. The van der Waals surface area contributed by atoms with Crippen LogP contribution in [-0.2, 0) is 4.74 Å². The quantitative estimate of drug-likeness (QED) is 0.754. The summed E-state index contributed by atoms with van der Waals surface area (Å²) in [6.07, 6.45) is -0.0452. The van der Waals surface area contributed by atoms with E-state index in [1.807, 2.05) is 27.7 Å². The molecule has 0 saturated carbocycles. The molecule has 0 aliphatic heterocycles. The predicted molar refractivity (Wildman–Crippen MR) is 53.0 cm³/mol. The Morgan fingerprint density at radius 1 is 1.54 bits per heavy atom. The van der Waals surface area contributed by atoms with E-state index in [0.29, 0.717) is 6.61 Å². The Balaban J connectivity index is 2.94. The Kier molecular flexibility index (Phi) is 3.33. The second kappa shape index (κ2) is 4.11. The minimum absolute atomic E-state index is 0.0452. The van der Waals surface area contributed by atoms with E-state index in [4.69, 9.17) is 16.3 Å². The van der Waals surface area contributed by atoms with Crippen LogP contribution in [0.15, 0.2) is 0 Å². The Bertz CT molecular complexity index is 296. The first-order valence-electron chi connectivity index (χ1n) is 4.40. The average molecular weight is 203 g/mol. The molecule has 0 aliphatic rings. The van der Waals surface area contributed by atoms with E-state index in [2.05, 4.69) is 5.10 Å². The zero-order valence-electron chi connectivity index (χ0n) is 8.47. The van der Waals surface area contributed by atoms with Gasteiger partial charge in [-0.1, -0.05) is 11.6 Å². The average Bonchev–Trinajstić information content (AvgIpc) is 2.33. The maximum atomic E-state index is 6.00. The Morgan fingerprint density at radius 3 is 2.54 bits per heavy atom. The van der Waals surface area contributed by atoms with Crippen LogP contribution in [0.1, 0.15) is 31.5 Å². The SMILES string of the molecule is CCOC(C)n1nc(C)c(Cl)c1C. The first-order chi connectivity index (χ1) is 6.07. The number of nitrogens with zero attached hydrogens (tertiary/aromatic N) is 2. The van der Waals surface area contributed by atoms with Gasteiger partial charge in [-0.3, -0.25) is 0 Å². The maximum absolute atomic E-state index is 6.00. The van der Waals surface area contributed by atoms with Crippen molar-refractivity contribution in [3.8, 4) is 0 Å². The Morgan fingerprint density at radius 2 is 2.15 bits per heavy atom. The van der Waals surface area contributed by atoms with Gasteiger partial charge in [0.05, 0.1) is 16.4 Å². The second-order valence-electron chi connectivity index (χ2n) is 2.98. The fourth-order valence-electron chi connectivity index (χ4n) is 1.31. The van der Waals surface area contributed by atoms with Crippen molar-refractivity contribution in [3.05, 3.63) is 16.4 Å². The van der Waals surface area contributed by atoms with Crippen LogP contribution < -0.4 is 0 Å². The molecule has 3 nitrogen and oxygen atoms in total. The Hall–Kier alpha value is -0.540. The molecular formula is C9H15ClN2O. The molecule has 0 N–H and O–H groups in total. The van der Waals surface area contributed by atoms with E-state index in [-0.39, 0.29) is 6.23 Å². The van der Waals surface area contributed by atoms with Crippen molar-refractivity contribution < 1.29 is 4.74 Å². The van der Waals surface area contributed by atoms with Crippen LogP contribution >= 0.6 is 11.6 Å². The third-order valence-electron chi connectivity index (χ3n) is 1.99. The molecule has 74 valence electrons. The van der Waals surface area contributed by atoms with Crippen LogP contribution in [0.3, 0.4) is 0 Å². The fourth-order valence-corrected chi connectivity index (χ4v) is 1.43. The van der Waals surface area contributed by atoms with Crippen LogP contribution in [0.25, 0.3) is 0 Å². The Labute approximate surface area is 83.6 Å². The maximum Gasteiger partial charge on any atom is 0.147 e. The van der Waals surface area contributed by atoms with Crippen molar-refractivity contribution in [1.29, 1.82) is 0 Å². The van der Waals surface area contributed by atoms with E-state index in [9.17, 15) is 0 Å². The van der Waals surface area contributed by atoms with E-state index in [1.165, 1.54) is 0 Å². The molecule has 0 spiro atoms. The van der Waals surface area contributed by atoms with E-state index < -0.39 is 0 Å². The smallest absolute Gasteiger partial charge is 0.147 e. The van der Waals surface area contributed by atoms with Crippen molar-refractivity contribution in [2.45, 2.75) is 33.9 Å². The topological polar surface area (TPSA) is 27.1 Å². The molecule has 0 amide bonds. The highest BCUT2D eigenvalue weighted by molar-refractivity contribution is 6.31. The van der Waals surface area contributed by atoms with Crippen molar-refractivity contribution in [2.24, 2.45) is 0 Å². The lowest BCUT2D eigenvalue weighted by atomic mass is 10.4. The normalized spacial score (nSPS) is 13.3. The van der Waals surface area contributed by atoms with Gasteiger partial charge in [0, 0.05) is 6.61 Å². The third-order valence-corrected chi connectivity index (χ3v) is 2.54. The highest BCUT2D eigenvalue weighted by Gasteiger charge is 2.13. The molecule has 1 heterocycles. The summed E-state index contributed by atoms with van der Waals surface area (Å²) in [7, 11) is 0. The summed E-state index contributed by atoms with van der Waals surface area (Å²) in [5.41, 5.74) is 1.81. The monoisotopic (exact) mass is 202 g/mol. The minimum atomic E-state index is -0.0452. The molecule has 13 heavy (non-hydrogen) atoms. The van der Waals surface area contributed by atoms with Crippen molar-refractivity contribution >= 4 is 11.6 Å². The minimum Gasteiger partial charge on any atom is -0.357 e. The van der Waals surface area contributed by atoms with Gasteiger partial charge >= 0.3 is 0 Å². The van der Waals surface area contributed by atoms with Gasteiger partial charge in [-0.25, -0.2) is 4.68 Å². The first kappa shape index (κ1) is 10.5. The molecule has 4 heteroatoms. The van der Waals surface area contributed by atoms with Gasteiger partial charge in [-0.15, -0.1) is 0 Å². The molecule has 0 aromatic carbocycles. The number of hydrogen-bond donors (Lipinski definition) is 0. The first-order valence-corrected chi connectivity index (χ1v) is 4.78. The number of halogens is 1. The number of aryl methyl sites for hydroxylation is 1. The van der Waals surface area contributed by atoms with Gasteiger partial charge in [-0.05, 0) is 27.7 Å². The van der Waals surface area contributed by atoms with E-state index in [1.54, 1.807) is 4.68 Å². The summed E-state index contributed by atoms with van der Waals surface area (Å²) >= 11 is 6.00.